The molecule has 188 valence electrons. The van der Waals surface area contributed by atoms with Crippen LogP contribution in [0.5, 0.6) is 0 Å². The second kappa shape index (κ2) is 10.7. The third-order valence-corrected chi connectivity index (χ3v) is 5.62. The van der Waals surface area contributed by atoms with Gasteiger partial charge < -0.3 is 4.57 Å². The minimum atomic E-state index is -0.762. The van der Waals surface area contributed by atoms with Crippen molar-refractivity contribution in [3.8, 4) is 6.07 Å². The molecule has 0 aliphatic carbocycles. The van der Waals surface area contributed by atoms with Crippen molar-refractivity contribution < 1.29 is 9.59 Å². The van der Waals surface area contributed by atoms with Crippen LogP contribution in [0.3, 0.4) is 0 Å². The van der Waals surface area contributed by atoms with E-state index in [1.54, 1.807) is 4.57 Å². The van der Waals surface area contributed by atoms with Gasteiger partial charge in [-0.25, -0.2) is 14.3 Å². The Morgan fingerprint density at radius 3 is 2.35 bits per heavy atom. The van der Waals surface area contributed by atoms with E-state index in [0.717, 1.165) is 10.1 Å². The summed E-state index contributed by atoms with van der Waals surface area (Å²) in [6.07, 6.45) is 1.52. The quantitative estimate of drug-likeness (QED) is 0.368. The first-order valence-corrected chi connectivity index (χ1v) is 11.6. The van der Waals surface area contributed by atoms with Gasteiger partial charge in [-0.2, -0.15) is 5.26 Å². The number of aromatic nitrogens is 4. The first-order valence-electron chi connectivity index (χ1n) is 11.6. The third kappa shape index (κ3) is 5.48. The lowest BCUT2D eigenvalue weighted by Crippen LogP contribution is -2.48. The molecule has 2 aromatic carbocycles. The summed E-state index contributed by atoms with van der Waals surface area (Å²) in [5.41, 5.74) is 5.06. The summed E-state index contributed by atoms with van der Waals surface area (Å²) >= 11 is 0. The first-order chi connectivity index (χ1) is 17.8. The standard InChI is InChI=1S/C26H25N7O4/c1-17(2)13-31-16-28-23-22(31)25(36)33(26(37)32(23)14-19-6-4-3-5-7-19)15-21(34)29-30-24(35)20-10-8-18(12-27)9-11-20/h3-11,16-17H,13-15H2,1-2H3,(H,29,34)(H,30,35). The number of fused-ring (bicyclic) bond motifs is 1. The zero-order chi connectivity index (χ0) is 26.5. The Morgan fingerprint density at radius 2 is 1.70 bits per heavy atom. The van der Waals surface area contributed by atoms with Gasteiger partial charge in [0.25, 0.3) is 17.4 Å². The minimum Gasteiger partial charge on any atom is -0.324 e. The van der Waals surface area contributed by atoms with Crippen LogP contribution < -0.4 is 22.1 Å². The molecule has 0 saturated heterocycles. The molecule has 11 heteroatoms. The lowest BCUT2D eigenvalue weighted by molar-refractivity contribution is -0.122. The molecule has 37 heavy (non-hydrogen) atoms. The fourth-order valence-electron chi connectivity index (χ4n) is 3.90. The van der Waals surface area contributed by atoms with Crippen LogP contribution in [-0.2, 0) is 24.4 Å². The Kier molecular flexibility index (Phi) is 7.29. The SMILES string of the molecule is CC(C)Cn1cnc2c1c(=O)n(CC(=O)NNC(=O)c1ccc(C#N)cc1)c(=O)n2Cc1ccccc1. The number of benzene rings is 2. The number of hydrogen-bond acceptors (Lipinski definition) is 6. The van der Waals surface area contributed by atoms with Gasteiger partial charge in [-0.3, -0.25) is 29.8 Å². The normalized spacial score (nSPS) is 10.9. The van der Waals surface area contributed by atoms with Crippen molar-refractivity contribution in [3.05, 3.63) is 98.5 Å². The van der Waals surface area contributed by atoms with E-state index in [1.807, 2.05) is 50.2 Å². The summed E-state index contributed by atoms with van der Waals surface area (Å²) in [5.74, 6) is -1.17. The second-order valence-electron chi connectivity index (χ2n) is 8.90. The van der Waals surface area contributed by atoms with Crippen LogP contribution in [0.1, 0.15) is 35.3 Å². The maximum Gasteiger partial charge on any atom is 0.333 e. The van der Waals surface area contributed by atoms with Crippen molar-refractivity contribution in [2.45, 2.75) is 33.5 Å². The van der Waals surface area contributed by atoms with Crippen LogP contribution in [-0.4, -0.2) is 30.5 Å². The van der Waals surface area contributed by atoms with Gasteiger partial charge >= 0.3 is 5.69 Å². The van der Waals surface area contributed by atoms with Crippen molar-refractivity contribution in [3.63, 3.8) is 0 Å². The van der Waals surface area contributed by atoms with Crippen LogP contribution in [0.4, 0.5) is 0 Å². The highest BCUT2D eigenvalue weighted by molar-refractivity contribution is 5.95. The lowest BCUT2D eigenvalue weighted by atomic mass is 10.1. The highest BCUT2D eigenvalue weighted by Crippen LogP contribution is 2.12. The van der Waals surface area contributed by atoms with Crippen molar-refractivity contribution >= 4 is 23.0 Å². The van der Waals surface area contributed by atoms with Gasteiger partial charge in [0.05, 0.1) is 24.5 Å². The number of amides is 2. The van der Waals surface area contributed by atoms with Gasteiger partial charge in [-0.15, -0.1) is 0 Å². The Labute approximate surface area is 211 Å². The van der Waals surface area contributed by atoms with Gasteiger partial charge in [-0.05, 0) is 35.7 Å². The molecule has 0 spiro atoms. The summed E-state index contributed by atoms with van der Waals surface area (Å²) < 4.78 is 3.89. The number of hydrazine groups is 1. The van der Waals surface area contributed by atoms with Gasteiger partial charge in [0, 0.05) is 12.1 Å². The average molecular weight is 500 g/mol. The summed E-state index contributed by atoms with van der Waals surface area (Å²) in [6.45, 7) is 4.04. The van der Waals surface area contributed by atoms with Crippen LogP contribution >= 0.6 is 0 Å². The van der Waals surface area contributed by atoms with Crippen LogP contribution in [0, 0.1) is 17.2 Å². The van der Waals surface area contributed by atoms with Crippen LogP contribution in [0.25, 0.3) is 11.2 Å². The predicted octanol–water partition coefficient (Wildman–Crippen LogP) is 1.40. The molecule has 2 amide bonds. The number of carbonyl (C=O) groups excluding carboxylic acids is 2. The molecule has 0 aliphatic heterocycles. The topological polar surface area (TPSA) is 144 Å². The van der Waals surface area contributed by atoms with E-state index >= 15 is 0 Å². The molecule has 4 rings (SSSR count). The number of nitrogens with one attached hydrogen (secondary N) is 2. The van der Waals surface area contributed by atoms with Crippen molar-refractivity contribution in [1.82, 2.24) is 29.5 Å². The van der Waals surface area contributed by atoms with Crippen LogP contribution in [0.2, 0.25) is 0 Å². The molecule has 0 unspecified atom stereocenters. The van der Waals surface area contributed by atoms with Gasteiger partial charge in [0.1, 0.15) is 6.54 Å². The molecule has 2 aromatic heterocycles. The van der Waals surface area contributed by atoms with E-state index in [1.165, 1.54) is 35.2 Å². The van der Waals surface area contributed by atoms with Crippen LogP contribution in [0.15, 0.2) is 70.5 Å². The molecular weight excluding hydrogens is 474 g/mol. The molecule has 0 aliphatic rings. The summed E-state index contributed by atoms with van der Waals surface area (Å²) in [4.78, 5) is 56.1. The Morgan fingerprint density at radius 1 is 1.00 bits per heavy atom. The average Bonchev–Trinajstić information content (AvgIpc) is 3.31. The third-order valence-electron chi connectivity index (χ3n) is 5.62. The molecule has 0 atom stereocenters. The number of nitrogens with zero attached hydrogens (tertiary/aromatic N) is 5. The molecule has 4 aromatic rings. The molecule has 2 heterocycles. The highest BCUT2D eigenvalue weighted by Gasteiger charge is 2.20. The Balaban J connectivity index is 1.64. The lowest BCUT2D eigenvalue weighted by Gasteiger charge is -2.14. The highest BCUT2D eigenvalue weighted by atomic mass is 16.2. The summed E-state index contributed by atoms with van der Waals surface area (Å²) in [5, 5.41) is 8.87. The molecule has 2 N–H and O–H groups in total. The zero-order valence-corrected chi connectivity index (χ0v) is 20.3. The second-order valence-corrected chi connectivity index (χ2v) is 8.90. The van der Waals surface area contributed by atoms with Crippen molar-refractivity contribution in [2.75, 3.05) is 0 Å². The van der Waals surface area contributed by atoms with E-state index < -0.39 is 29.6 Å². The summed E-state index contributed by atoms with van der Waals surface area (Å²) in [7, 11) is 0. The Hall–Kier alpha value is -4.98. The maximum atomic E-state index is 13.4. The van der Waals surface area contributed by atoms with E-state index in [9.17, 15) is 19.2 Å². The van der Waals surface area contributed by atoms with Crippen molar-refractivity contribution in [1.29, 1.82) is 5.26 Å². The van der Waals surface area contributed by atoms with E-state index in [4.69, 9.17) is 5.26 Å². The first kappa shape index (κ1) is 25.1. The van der Waals surface area contributed by atoms with E-state index in [-0.39, 0.29) is 29.2 Å². The molecule has 0 fully saturated rings. The molecule has 0 radical (unpaired) electrons. The van der Waals surface area contributed by atoms with Gasteiger partial charge in [0.15, 0.2) is 11.2 Å². The monoisotopic (exact) mass is 499 g/mol. The van der Waals surface area contributed by atoms with Gasteiger partial charge in [0.2, 0.25) is 0 Å². The maximum absolute atomic E-state index is 13.4. The van der Waals surface area contributed by atoms with Gasteiger partial charge in [-0.1, -0.05) is 44.2 Å². The number of imidazole rings is 1. The number of rotatable bonds is 7. The van der Waals surface area contributed by atoms with E-state index in [2.05, 4.69) is 15.8 Å². The fraction of sp³-hybridized carbons (Fsp3) is 0.231. The number of carbonyl (C=O) groups is 2. The minimum absolute atomic E-state index is 0.159. The largest absolute Gasteiger partial charge is 0.333 e. The zero-order valence-electron chi connectivity index (χ0n) is 20.3. The molecule has 11 nitrogen and oxygen atoms in total. The summed E-state index contributed by atoms with van der Waals surface area (Å²) in [6, 6.07) is 17.0. The molecule has 0 saturated carbocycles. The molecular formula is C26H25N7O4. The fourth-order valence-corrected chi connectivity index (χ4v) is 3.90. The van der Waals surface area contributed by atoms with E-state index in [0.29, 0.717) is 12.1 Å². The predicted molar refractivity (Wildman–Crippen MR) is 135 cm³/mol. The molecule has 0 bridgehead atoms. The number of hydrogen-bond donors (Lipinski definition) is 2. The Bertz CT molecular complexity index is 1610. The van der Waals surface area contributed by atoms with Crippen molar-refractivity contribution in [2.24, 2.45) is 5.92 Å². The number of nitriles is 1. The smallest absolute Gasteiger partial charge is 0.324 e.